The molecule has 1 unspecified atom stereocenters. The number of aromatic nitrogens is 3. The van der Waals surface area contributed by atoms with Crippen molar-refractivity contribution in [1.82, 2.24) is 30.7 Å². The summed E-state index contributed by atoms with van der Waals surface area (Å²) >= 11 is 0. The van der Waals surface area contributed by atoms with Crippen LogP contribution in [0.5, 0.6) is 0 Å². The smallest absolute Gasteiger partial charge is 0.241 e. The highest BCUT2D eigenvalue weighted by Gasteiger charge is 2.20. The molecule has 1 aromatic rings. The zero-order valence-corrected chi connectivity index (χ0v) is 13.7. The summed E-state index contributed by atoms with van der Waals surface area (Å²) in [6.45, 7) is 4.55. The Morgan fingerprint density at radius 3 is 3.17 bits per heavy atom. The molecule has 1 aromatic heterocycles. The van der Waals surface area contributed by atoms with Crippen molar-refractivity contribution in [2.45, 2.75) is 32.4 Å². The van der Waals surface area contributed by atoms with E-state index in [1.54, 1.807) is 13.4 Å². The zero-order valence-electron chi connectivity index (χ0n) is 13.7. The number of aryl methyl sites for hydroxylation is 1. The Morgan fingerprint density at radius 2 is 2.39 bits per heavy atom. The summed E-state index contributed by atoms with van der Waals surface area (Å²) < 4.78 is 6.80. The first-order valence-corrected chi connectivity index (χ1v) is 7.90. The van der Waals surface area contributed by atoms with E-state index in [2.05, 4.69) is 31.0 Å². The molecule has 1 atom stereocenters. The molecule has 0 spiro atoms. The van der Waals surface area contributed by atoms with E-state index in [9.17, 15) is 4.79 Å². The van der Waals surface area contributed by atoms with Crippen molar-refractivity contribution in [3.63, 3.8) is 0 Å². The number of nitrogens with zero attached hydrogens (tertiary/aromatic N) is 4. The van der Waals surface area contributed by atoms with Crippen LogP contribution in [-0.4, -0.2) is 66.0 Å². The molecule has 0 saturated carbocycles. The van der Waals surface area contributed by atoms with Gasteiger partial charge in [-0.15, -0.1) is 0 Å². The van der Waals surface area contributed by atoms with E-state index >= 15 is 0 Å². The second-order valence-corrected chi connectivity index (χ2v) is 5.28. The number of guanidine groups is 1. The minimum atomic E-state index is -0.124. The van der Waals surface area contributed by atoms with Gasteiger partial charge in [-0.2, -0.15) is 5.10 Å². The van der Waals surface area contributed by atoms with Gasteiger partial charge in [-0.3, -0.25) is 4.79 Å². The van der Waals surface area contributed by atoms with Gasteiger partial charge in [0.15, 0.2) is 5.96 Å². The monoisotopic (exact) mass is 323 g/mol. The first-order valence-electron chi connectivity index (χ1n) is 7.90. The zero-order chi connectivity index (χ0) is 16.5. The average molecular weight is 323 g/mol. The number of amides is 1. The lowest BCUT2D eigenvalue weighted by atomic mass is 10.1. The van der Waals surface area contributed by atoms with Crippen LogP contribution in [0.3, 0.4) is 0 Å². The van der Waals surface area contributed by atoms with Gasteiger partial charge in [0.05, 0.1) is 13.2 Å². The maximum atomic E-state index is 11.7. The minimum absolute atomic E-state index is 0.0837. The SMILES string of the molecule is CCNC(=NCC(=O)NCCOC)NC1CCc2ncnn2C1. The van der Waals surface area contributed by atoms with Gasteiger partial charge < -0.3 is 20.7 Å². The molecule has 0 fully saturated rings. The highest BCUT2D eigenvalue weighted by atomic mass is 16.5. The van der Waals surface area contributed by atoms with Crippen LogP contribution in [0.15, 0.2) is 11.3 Å². The Balaban J connectivity index is 1.83. The average Bonchev–Trinajstić information content (AvgIpc) is 3.01. The number of hydrogen-bond acceptors (Lipinski definition) is 5. The summed E-state index contributed by atoms with van der Waals surface area (Å²) in [6.07, 6.45) is 3.43. The van der Waals surface area contributed by atoms with Crippen molar-refractivity contribution in [2.24, 2.45) is 4.99 Å². The van der Waals surface area contributed by atoms with Crippen molar-refractivity contribution in [3.8, 4) is 0 Å². The fourth-order valence-corrected chi connectivity index (χ4v) is 2.37. The molecule has 128 valence electrons. The quantitative estimate of drug-likeness (QED) is 0.335. The number of nitrogens with one attached hydrogen (secondary N) is 3. The maximum Gasteiger partial charge on any atom is 0.241 e. The van der Waals surface area contributed by atoms with E-state index in [1.807, 2.05) is 11.6 Å². The topological polar surface area (TPSA) is 105 Å². The van der Waals surface area contributed by atoms with Gasteiger partial charge >= 0.3 is 0 Å². The lowest BCUT2D eigenvalue weighted by molar-refractivity contribution is -0.119. The number of carbonyl (C=O) groups excluding carboxylic acids is 1. The van der Waals surface area contributed by atoms with Crippen molar-refractivity contribution in [1.29, 1.82) is 0 Å². The number of hydrogen-bond donors (Lipinski definition) is 3. The van der Waals surface area contributed by atoms with Gasteiger partial charge in [0, 0.05) is 32.7 Å². The first-order chi connectivity index (χ1) is 11.2. The van der Waals surface area contributed by atoms with Gasteiger partial charge in [-0.25, -0.2) is 14.7 Å². The molecule has 0 aromatic carbocycles. The van der Waals surface area contributed by atoms with Crippen LogP contribution in [0.2, 0.25) is 0 Å². The van der Waals surface area contributed by atoms with E-state index in [0.717, 1.165) is 31.8 Å². The lowest BCUT2D eigenvalue weighted by Crippen LogP contribution is -2.47. The van der Waals surface area contributed by atoms with E-state index in [4.69, 9.17) is 4.74 Å². The predicted octanol–water partition coefficient (Wildman–Crippen LogP) is -1.09. The summed E-state index contributed by atoms with van der Waals surface area (Å²) in [7, 11) is 1.60. The van der Waals surface area contributed by atoms with Gasteiger partial charge in [-0.1, -0.05) is 0 Å². The Bertz CT molecular complexity index is 529. The lowest BCUT2D eigenvalue weighted by Gasteiger charge is -2.25. The number of fused-ring (bicyclic) bond motifs is 1. The van der Waals surface area contributed by atoms with Crippen molar-refractivity contribution in [3.05, 3.63) is 12.2 Å². The maximum absolute atomic E-state index is 11.7. The Hall–Kier alpha value is -2.16. The summed E-state index contributed by atoms with van der Waals surface area (Å²) in [6, 6.07) is 0.221. The molecule has 0 radical (unpaired) electrons. The first kappa shape index (κ1) is 17.2. The van der Waals surface area contributed by atoms with Crippen LogP contribution in [0.1, 0.15) is 19.2 Å². The molecule has 9 nitrogen and oxygen atoms in total. The molecule has 0 bridgehead atoms. The number of carbonyl (C=O) groups is 1. The van der Waals surface area contributed by atoms with E-state index in [1.165, 1.54) is 0 Å². The molecular weight excluding hydrogens is 298 g/mol. The summed E-state index contributed by atoms with van der Waals surface area (Å²) in [5.74, 6) is 1.53. The second kappa shape index (κ2) is 9.09. The molecule has 2 rings (SSSR count). The largest absolute Gasteiger partial charge is 0.383 e. The Morgan fingerprint density at radius 1 is 1.52 bits per heavy atom. The summed E-state index contributed by atoms with van der Waals surface area (Å²) in [5.41, 5.74) is 0. The third kappa shape index (κ3) is 5.51. The summed E-state index contributed by atoms with van der Waals surface area (Å²) in [4.78, 5) is 20.2. The van der Waals surface area contributed by atoms with E-state index in [0.29, 0.717) is 19.1 Å². The number of ether oxygens (including phenoxy) is 1. The highest BCUT2D eigenvalue weighted by molar-refractivity contribution is 5.85. The van der Waals surface area contributed by atoms with Crippen LogP contribution >= 0.6 is 0 Å². The standard InChI is InChI=1S/C14H25N7O2/c1-3-15-14(17-8-13(22)16-6-7-23-2)20-11-4-5-12-18-10-19-21(12)9-11/h10-11H,3-9H2,1-2H3,(H,16,22)(H2,15,17,20). The van der Waals surface area contributed by atoms with Gasteiger partial charge in [0.2, 0.25) is 5.91 Å². The fourth-order valence-electron chi connectivity index (χ4n) is 2.37. The molecule has 23 heavy (non-hydrogen) atoms. The molecule has 1 amide bonds. The number of methoxy groups -OCH3 is 1. The van der Waals surface area contributed by atoms with Crippen LogP contribution in [0.4, 0.5) is 0 Å². The number of rotatable bonds is 7. The van der Waals surface area contributed by atoms with Crippen molar-refractivity contribution >= 4 is 11.9 Å². The van der Waals surface area contributed by atoms with Gasteiger partial charge in [-0.05, 0) is 13.3 Å². The van der Waals surface area contributed by atoms with Crippen LogP contribution in [-0.2, 0) is 22.5 Å². The molecule has 1 aliphatic heterocycles. The second-order valence-electron chi connectivity index (χ2n) is 5.28. The molecule has 9 heteroatoms. The predicted molar refractivity (Wildman–Crippen MR) is 86.1 cm³/mol. The van der Waals surface area contributed by atoms with E-state index < -0.39 is 0 Å². The Kier molecular flexibility index (Phi) is 6.79. The van der Waals surface area contributed by atoms with Crippen LogP contribution in [0, 0.1) is 0 Å². The van der Waals surface area contributed by atoms with Gasteiger partial charge in [0.25, 0.3) is 0 Å². The van der Waals surface area contributed by atoms with Crippen LogP contribution in [0.25, 0.3) is 0 Å². The molecule has 0 saturated heterocycles. The molecule has 3 N–H and O–H groups in total. The summed E-state index contributed by atoms with van der Waals surface area (Å²) in [5, 5.41) is 13.5. The van der Waals surface area contributed by atoms with Crippen molar-refractivity contribution < 1.29 is 9.53 Å². The highest BCUT2D eigenvalue weighted by Crippen LogP contribution is 2.11. The fraction of sp³-hybridized carbons (Fsp3) is 0.714. The molecule has 2 heterocycles. The van der Waals surface area contributed by atoms with Gasteiger partial charge in [0.1, 0.15) is 18.7 Å². The molecular formula is C14H25N7O2. The Labute approximate surface area is 135 Å². The van der Waals surface area contributed by atoms with Crippen LogP contribution < -0.4 is 16.0 Å². The van der Waals surface area contributed by atoms with Crippen molar-refractivity contribution in [2.75, 3.05) is 33.4 Å². The van der Waals surface area contributed by atoms with E-state index in [-0.39, 0.29) is 18.5 Å². The molecule has 1 aliphatic rings. The number of aliphatic imine (C=N–C) groups is 1. The third-order valence-corrected chi connectivity index (χ3v) is 3.50. The molecule has 0 aliphatic carbocycles. The third-order valence-electron chi connectivity index (χ3n) is 3.50. The normalized spacial score (nSPS) is 17.5. The minimum Gasteiger partial charge on any atom is -0.383 e.